The van der Waals surface area contributed by atoms with E-state index in [9.17, 15) is 0 Å². The number of aromatic nitrogens is 1. The molecule has 1 aromatic rings. The van der Waals surface area contributed by atoms with E-state index >= 15 is 0 Å². The fourth-order valence-corrected chi connectivity index (χ4v) is 1.20. The summed E-state index contributed by atoms with van der Waals surface area (Å²) in [6.45, 7) is 1.97. The van der Waals surface area contributed by atoms with Crippen LogP contribution in [0.15, 0.2) is 17.2 Å². The molecule has 0 spiro atoms. The number of thioether (sulfide) groups is 1. The Morgan fingerprint density at radius 3 is 2.45 bits per heavy atom. The summed E-state index contributed by atoms with van der Waals surface area (Å²) >= 11 is 1.70. The molecular formula is C7H13ClN2S. The lowest BCUT2D eigenvalue weighted by atomic mass is 10.3. The molecule has 0 aliphatic heterocycles. The minimum Gasteiger partial charge on any atom is -0.352 e. The molecule has 11 heavy (non-hydrogen) atoms. The fourth-order valence-electron chi connectivity index (χ4n) is 0.776. The van der Waals surface area contributed by atoms with Gasteiger partial charge in [-0.25, -0.2) is 0 Å². The van der Waals surface area contributed by atoms with Gasteiger partial charge in [0.1, 0.15) is 0 Å². The van der Waals surface area contributed by atoms with Gasteiger partial charge in [-0.1, -0.05) is 0 Å². The monoisotopic (exact) mass is 192 g/mol. The minimum absolute atomic E-state index is 0. The van der Waals surface area contributed by atoms with Crippen molar-refractivity contribution in [2.75, 3.05) is 6.26 Å². The summed E-state index contributed by atoms with van der Waals surface area (Å²) in [5.74, 6) is 0. The van der Waals surface area contributed by atoms with Crippen LogP contribution in [-0.2, 0) is 0 Å². The highest BCUT2D eigenvalue weighted by Gasteiger charge is 2.00. The number of halogens is 1. The van der Waals surface area contributed by atoms with Crippen molar-refractivity contribution in [2.45, 2.75) is 18.0 Å². The normalized spacial score (nSPS) is 12.3. The number of rotatable bonds is 2. The van der Waals surface area contributed by atoms with Crippen molar-refractivity contribution in [1.82, 2.24) is 4.98 Å². The summed E-state index contributed by atoms with van der Waals surface area (Å²) in [5.41, 5.74) is 6.74. The average molecular weight is 193 g/mol. The Balaban J connectivity index is 0.000001000. The molecular weight excluding hydrogens is 180 g/mol. The van der Waals surface area contributed by atoms with Crippen molar-refractivity contribution in [2.24, 2.45) is 5.73 Å². The molecule has 1 rings (SSSR count). The van der Waals surface area contributed by atoms with Gasteiger partial charge in [0.2, 0.25) is 0 Å². The number of aromatic amines is 1. The molecule has 0 radical (unpaired) electrons. The van der Waals surface area contributed by atoms with Crippen molar-refractivity contribution < 1.29 is 0 Å². The smallest absolute Gasteiger partial charge is 0.0721 e. The van der Waals surface area contributed by atoms with Crippen LogP contribution in [-0.4, -0.2) is 11.2 Å². The Hall–Kier alpha value is -0.120. The van der Waals surface area contributed by atoms with Gasteiger partial charge in [0.25, 0.3) is 0 Å². The largest absolute Gasteiger partial charge is 0.352 e. The van der Waals surface area contributed by atoms with Crippen LogP contribution in [0.2, 0.25) is 0 Å². The Morgan fingerprint density at radius 1 is 1.55 bits per heavy atom. The van der Waals surface area contributed by atoms with Crippen LogP contribution < -0.4 is 5.73 Å². The summed E-state index contributed by atoms with van der Waals surface area (Å²) in [7, 11) is 0. The van der Waals surface area contributed by atoms with Gasteiger partial charge >= 0.3 is 0 Å². The summed E-state index contributed by atoms with van der Waals surface area (Å²) in [5, 5.41) is 1.17. The predicted molar refractivity (Wildman–Crippen MR) is 52.4 cm³/mol. The van der Waals surface area contributed by atoms with E-state index in [1.165, 1.54) is 5.03 Å². The highest BCUT2D eigenvalue weighted by molar-refractivity contribution is 7.98. The van der Waals surface area contributed by atoms with E-state index in [0.29, 0.717) is 0 Å². The quantitative estimate of drug-likeness (QED) is 0.706. The number of hydrogen-bond donors (Lipinski definition) is 2. The van der Waals surface area contributed by atoms with Crippen molar-refractivity contribution in [3.8, 4) is 0 Å². The third kappa shape index (κ3) is 2.77. The molecule has 64 valence electrons. The van der Waals surface area contributed by atoms with Gasteiger partial charge in [-0.3, -0.25) is 0 Å². The maximum Gasteiger partial charge on any atom is 0.0721 e. The third-order valence-corrected chi connectivity index (χ3v) is 2.07. The summed E-state index contributed by atoms with van der Waals surface area (Å²) in [6.07, 6.45) is 2.04. The lowest BCUT2D eigenvalue weighted by Crippen LogP contribution is -2.04. The third-order valence-electron chi connectivity index (χ3n) is 1.39. The van der Waals surface area contributed by atoms with E-state index in [-0.39, 0.29) is 18.4 Å². The molecule has 0 bridgehead atoms. The Bertz CT molecular complexity index is 210. The maximum atomic E-state index is 5.64. The van der Waals surface area contributed by atoms with Crippen molar-refractivity contribution in [1.29, 1.82) is 0 Å². The van der Waals surface area contributed by atoms with Gasteiger partial charge < -0.3 is 10.7 Å². The second-order valence-electron chi connectivity index (χ2n) is 2.27. The fraction of sp³-hybridized carbons (Fsp3) is 0.429. The van der Waals surface area contributed by atoms with Gasteiger partial charge in [-0.15, -0.1) is 24.2 Å². The standard InChI is InChI=1S/C7H12N2S.ClH/c1-5(8)6-3-4-7(9-6)10-2;/h3-5,9H,8H2,1-2H3;1H/t5-;/m0./s1. The molecule has 0 unspecified atom stereocenters. The lowest BCUT2D eigenvalue weighted by Gasteiger charge is -1.99. The van der Waals surface area contributed by atoms with Crippen LogP contribution in [0, 0.1) is 0 Å². The second-order valence-corrected chi connectivity index (χ2v) is 3.12. The van der Waals surface area contributed by atoms with Crippen LogP contribution in [0.25, 0.3) is 0 Å². The Morgan fingerprint density at radius 2 is 2.18 bits per heavy atom. The van der Waals surface area contributed by atoms with Crippen LogP contribution in [0.1, 0.15) is 18.7 Å². The molecule has 4 heteroatoms. The Kier molecular flexibility index (Phi) is 4.65. The van der Waals surface area contributed by atoms with Crippen LogP contribution in [0.5, 0.6) is 0 Å². The zero-order valence-electron chi connectivity index (χ0n) is 6.63. The van der Waals surface area contributed by atoms with Gasteiger partial charge in [0, 0.05) is 11.7 Å². The molecule has 0 saturated carbocycles. The van der Waals surface area contributed by atoms with Gasteiger partial charge in [-0.05, 0) is 25.3 Å². The SMILES string of the molecule is CSc1ccc([C@H](C)N)[nH]1.Cl. The van der Waals surface area contributed by atoms with E-state index in [0.717, 1.165) is 5.69 Å². The topological polar surface area (TPSA) is 41.8 Å². The highest BCUT2D eigenvalue weighted by atomic mass is 35.5. The Labute approximate surface area is 77.4 Å². The van der Waals surface area contributed by atoms with E-state index in [1.807, 2.05) is 25.3 Å². The first-order chi connectivity index (χ1) is 4.74. The second kappa shape index (κ2) is 4.70. The van der Waals surface area contributed by atoms with Crippen LogP contribution >= 0.6 is 24.2 Å². The predicted octanol–water partition coefficient (Wildman–Crippen LogP) is 2.18. The highest BCUT2D eigenvalue weighted by Crippen LogP contribution is 2.16. The molecule has 2 nitrogen and oxygen atoms in total. The van der Waals surface area contributed by atoms with Gasteiger partial charge in [-0.2, -0.15) is 0 Å². The average Bonchev–Trinajstić information content (AvgIpc) is 2.34. The first kappa shape index (κ1) is 10.9. The number of hydrogen-bond acceptors (Lipinski definition) is 2. The van der Waals surface area contributed by atoms with Crippen molar-refractivity contribution >= 4 is 24.2 Å². The van der Waals surface area contributed by atoms with Crippen LogP contribution in [0.4, 0.5) is 0 Å². The van der Waals surface area contributed by atoms with Crippen LogP contribution in [0.3, 0.4) is 0 Å². The zero-order chi connectivity index (χ0) is 7.56. The lowest BCUT2D eigenvalue weighted by molar-refractivity contribution is 0.781. The number of nitrogens with two attached hydrogens (primary N) is 1. The first-order valence-corrected chi connectivity index (χ1v) is 4.45. The summed E-state index contributed by atoms with van der Waals surface area (Å²) < 4.78 is 0. The molecule has 3 N–H and O–H groups in total. The first-order valence-electron chi connectivity index (χ1n) is 3.22. The number of nitrogens with one attached hydrogen (secondary N) is 1. The van der Waals surface area contributed by atoms with E-state index in [2.05, 4.69) is 4.98 Å². The molecule has 0 aromatic carbocycles. The molecule has 1 heterocycles. The number of H-pyrrole nitrogens is 1. The molecule has 0 aliphatic carbocycles. The molecule has 1 atom stereocenters. The van der Waals surface area contributed by atoms with Gasteiger partial charge in [0.15, 0.2) is 0 Å². The zero-order valence-corrected chi connectivity index (χ0v) is 8.26. The van der Waals surface area contributed by atoms with Crippen molar-refractivity contribution in [3.05, 3.63) is 17.8 Å². The summed E-state index contributed by atoms with van der Waals surface area (Å²) in [4.78, 5) is 3.20. The maximum absolute atomic E-state index is 5.64. The van der Waals surface area contributed by atoms with Crippen molar-refractivity contribution in [3.63, 3.8) is 0 Å². The molecule has 0 saturated heterocycles. The minimum atomic E-state index is 0. The van der Waals surface area contributed by atoms with E-state index in [1.54, 1.807) is 11.8 Å². The molecule has 0 amide bonds. The van der Waals surface area contributed by atoms with E-state index < -0.39 is 0 Å². The molecule has 0 aliphatic rings. The molecule has 1 aromatic heterocycles. The summed E-state index contributed by atoms with van der Waals surface area (Å²) in [6, 6.07) is 4.18. The van der Waals surface area contributed by atoms with E-state index in [4.69, 9.17) is 5.73 Å². The van der Waals surface area contributed by atoms with Gasteiger partial charge in [0.05, 0.1) is 5.03 Å². The molecule has 0 fully saturated rings.